The number of rotatable bonds is 5. The first-order valence-corrected chi connectivity index (χ1v) is 9.47. The number of sulfonamides is 1. The Hall–Kier alpha value is -1.67. The van der Waals surface area contributed by atoms with E-state index in [1.54, 1.807) is 0 Å². The molecule has 0 bridgehead atoms. The van der Waals surface area contributed by atoms with Crippen molar-refractivity contribution in [2.24, 2.45) is 11.7 Å². The minimum Gasteiger partial charge on any atom is -0.349 e. The molecule has 1 aromatic carbocycles. The molecule has 8 heteroatoms. The lowest BCUT2D eigenvalue weighted by Crippen LogP contribution is -2.44. The quantitative estimate of drug-likeness (QED) is 0.753. The third-order valence-corrected chi connectivity index (χ3v) is 4.64. The normalized spacial score (nSPS) is 21.7. The maximum absolute atomic E-state index is 13.7. The smallest absolute Gasteiger partial charge is 0.251 e. The van der Waals surface area contributed by atoms with Gasteiger partial charge in [0.25, 0.3) is 5.91 Å². The van der Waals surface area contributed by atoms with Crippen LogP contribution in [0.1, 0.15) is 36.0 Å². The van der Waals surface area contributed by atoms with Crippen LogP contribution in [0.4, 0.5) is 10.1 Å². The molecule has 0 aromatic heterocycles. The van der Waals surface area contributed by atoms with Gasteiger partial charge < -0.3 is 11.1 Å². The number of benzene rings is 1. The molecule has 1 saturated carbocycles. The van der Waals surface area contributed by atoms with Gasteiger partial charge in [-0.25, -0.2) is 12.8 Å². The van der Waals surface area contributed by atoms with Crippen molar-refractivity contribution in [1.82, 2.24) is 5.32 Å². The first-order valence-electron chi connectivity index (χ1n) is 7.58. The molecule has 4 N–H and O–H groups in total. The number of hydrogen-bond acceptors (Lipinski definition) is 4. The molecule has 23 heavy (non-hydrogen) atoms. The molecule has 0 heterocycles. The zero-order valence-corrected chi connectivity index (χ0v) is 13.8. The lowest BCUT2D eigenvalue weighted by atomic mass is 9.84. The van der Waals surface area contributed by atoms with Crippen molar-refractivity contribution >= 4 is 21.6 Å². The van der Waals surface area contributed by atoms with E-state index in [0.717, 1.165) is 38.0 Å². The van der Waals surface area contributed by atoms with E-state index in [4.69, 9.17) is 5.73 Å². The molecular weight excluding hydrogens is 321 g/mol. The SMILES string of the molecule is CS(=O)(=O)Nc1cc(C(=O)NC2CCCCC2CN)ccc1F. The van der Waals surface area contributed by atoms with E-state index in [-0.39, 0.29) is 29.1 Å². The van der Waals surface area contributed by atoms with Crippen LogP contribution in [-0.2, 0) is 10.0 Å². The third-order valence-electron chi connectivity index (χ3n) is 4.05. The Morgan fingerprint density at radius 1 is 1.35 bits per heavy atom. The lowest BCUT2D eigenvalue weighted by molar-refractivity contribution is 0.0908. The monoisotopic (exact) mass is 343 g/mol. The van der Waals surface area contributed by atoms with Gasteiger partial charge in [-0.15, -0.1) is 0 Å². The fourth-order valence-electron chi connectivity index (χ4n) is 2.88. The summed E-state index contributed by atoms with van der Waals surface area (Å²) < 4.78 is 38.2. The Balaban J connectivity index is 2.14. The average molecular weight is 343 g/mol. The van der Waals surface area contributed by atoms with E-state index in [1.165, 1.54) is 12.1 Å². The predicted octanol–water partition coefficient (Wildman–Crippen LogP) is 1.44. The van der Waals surface area contributed by atoms with Crippen LogP contribution < -0.4 is 15.8 Å². The molecule has 1 fully saturated rings. The molecule has 6 nitrogen and oxygen atoms in total. The summed E-state index contributed by atoms with van der Waals surface area (Å²) in [5.74, 6) is -0.849. The van der Waals surface area contributed by atoms with Crippen molar-refractivity contribution in [3.63, 3.8) is 0 Å². The fraction of sp³-hybridized carbons (Fsp3) is 0.533. The predicted molar refractivity (Wildman–Crippen MR) is 87.1 cm³/mol. The fourth-order valence-corrected chi connectivity index (χ4v) is 3.43. The third kappa shape index (κ3) is 4.90. The maximum atomic E-state index is 13.7. The average Bonchev–Trinajstić information content (AvgIpc) is 2.48. The van der Waals surface area contributed by atoms with Crippen molar-refractivity contribution in [3.05, 3.63) is 29.6 Å². The summed E-state index contributed by atoms with van der Waals surface area (Å²) in [6, 6.07) is 3.60. The molecule has 0 saturated heterocycles. The molecule has 0 aliphatic heterocycles. The second-order valence-electron chi connectivity index (χ2n) is 5.93. The number of nitrogens with one attached hydrogen (secondary N) is 2. The number of carbonyl (C=O) groups is 1. The van der Waals surface area contributed by atoms with Gasteiger partial charge in [-0.05, 0) is 43.5 Å². The summed E-state index contributed by atoms with van der Waals surface area (Å²) in [5.41, 5.74) is 5.71. The molecule has 1 aliphatic rings. The van der Waals surface area contributed by atoms with Crippen LogP contribution in [0.15, 0.2) is 18.2 Å². The molecular formula is C15H22FN3O3S. The summed E-state index contributed by atoms with van der Waals surface area (Å²) in [6.07, 6.45) is 4.90. The van der Waals surface area contributed by atoms with Crippen LogP contribution in [-0.4, -0.2) is 33.2 Å². The maximum Gasteiger partial charge on any atom is 0.251 e. The standard InChI is InChI=1S/C15H22FN3O3S/c1-23(21,22)19-14-8-10(6-7-12(14)16)15(20)18-13-5-3-2-4-11(13)9-17/h6-8,11,13,19H,2-5,9,17H2,1H3,(H,18,20). The highest BCUT2D eigenvalue weighted by Crippen LogP contribution is 2.24. The lowest BCUT2D eigenvalue weighted by Gasteiger charge is -2.31. The number of amides is 1. The van der Waals surface area contributed by atoms with Gasteiger partial charge in [-0.3, -0.25) is 9.52 Å². The summed E-state index contributed by atoms with van der Waals surface area (Å²) in [7, 11) is -3.62. The van der Waals surface area contributed by atoms with Crippen LogP contribution in [0.2, 0.25) is 0 Å². The van der Waals surface area contributed by atoms with E-state index in [2.05, 4.69) is 10.0 Å². The van der Waals surface area contributed by atoms with Crippen LogP contribution in [0.25, 0.3) is 0 Å². The van der Waals surface area contributed by atoms with E-state index in [9.17, 15) is 17.6 Å². The number of anilines is 1. The number of nitrogens with two attached hydrogens (primary N) is 1. The molecule has 2 atom stereocenters. The topological polar surface area (TPSA) is 101 Å². The van der Waals surface area contributed by atoms with E-state index in [0.29, 0.717) is 6.54 Å². The van der Waals surface area contributed by atoms with Crippen molar-refractivity contribution in [2.45, 2.75) is 31.7 Å². The Morgan fingerprint density at radius 3 is 2.70 bits per heavy atom. The van der Waals surface area contributed by atoms with Crippen molar-refractivity contribution in [2.75, 3.05) is 17.5 Å². The molecule has 2 unspecified atom stereocenters. The van der Waals surface area contributed by atoms with Crippen LogP contribution in [0.5, 0.6) is 0 Å². The molecule has 0 radical (unpaired) electrons. The van der Waals surface area contributed by atoms with Gasteiger partial charge in [0.1, 0.15) is 5.82 Å². The second kappa shape index (κ2) is 7.27. The van der Waals surface area contributed by atoms with Gasteiger partial charge in [0.2, 0.25) is 10.0 Å². The van der Waals surface area contributed by atoms with Gasteiger partial charge in [0, 0.05) is 11.6 Å². The zero-order chi connectivity index (χ0) is 17.0. The minimum absolute atomic E-state index is 0.00220. The largest absolute Gasteiger partial charge is 0.349 e. The van der Waals surface area contributed by atoms with Gasteiger partial charge in [-0.1, -0.05) is 12.8 Å². The molecule has 1 aromatic rings. The van der Waals surface area contributed by atoms with E-state index in [1.807, 2.05) is 0 Å². The minimum atomic E-state index is -3.62. The van der Waals surface area contributed by atoms with Crippen LogP contribution in [0, 0.1) is 11.7 Å². The summed E-state index contributed by atoms with van der Waals surface area (Å²) >= 11 is 0. The number of halogens is 1. The Morgan fingerprint density at radius 2 is 2.04 bits per heavy atom. The summed E-state index contributed by atoms with van der Waals surface area (Å²) in [6.45, 7) is 0.509. The first-order chi connectivity index (χ1) is 10.8. The Labute approximate surface area is 135 Å². The molecule has 2 rings (SSSR count). The highest BCUT2D eigenvalue weighted by molar-refractivity contribution is 7.92. The van der Waals surface area contributed by atoms with Gasteiger partial charge in [0.15, 0.2) is 0 Å². The van der Waals surface area contributed by atoms with Crippen LogP contribution >= 0.6 is 0 Å². The van der Waals surface area contributed by atoms with Gasteiger partial charge in [0.05, 0.1) is 11.9 Å². The van der Waals surface area contributed by atoms with E-state index < -0.39 is 15.8 Å². The van der Waals surface area contributed by atoms with Crippen molar-refractivity contribution in [3.8, 4) is 0 Å². The zero-order valence-electron chi connectivity index (χ0n) is 13.0. The molecule has 128 valence electrons. The number of hydrogen-bond donors (Lipinski definition) is 3. The van der Waals surface area contributed by atoms with E-state index >= 15 is 0 Å². The highest BCUT2D eigenvalue weighted by Gasteiger charge is 2.26. The summed E-state index contributed by atoms with van der Waals surface area (Å²) in [5, 5.41) is 2.93. The molecule has 1 amide bonds. The first kappa shape index (κ1) is 17.7. The Bertz CT molecular complexity index is 679. The highest BCUT2D eigenvalue weighted by atomic mass is 32.2. The van der Waals surface area contributed by atoms with Crippen molar-refractivity contribution < 1.29 is 17.6 Å². The summed E-state index contributed by atoms with van der Waals surface area (Å²) in [4.78, 5) is 12.4. The molecule has 0 spiro atoms. The molecule has 1 aliphatic carbocycles. The van der Waals surface area contributed by atoms with Gasteiger partial charge in [-0.2, -0.15) is 0 Å². The van der Waals surface area contributed by atoms with Crippen molar-refractivity contribution in [1.29, 1.82) is 0 Å². The van der Waals surface area contributed by atoms with Crippen LogP contribution in [0.3, 0.4) is 0 Å². The number of carbonyl (C=O) groups excluding carboxylic acids is 1. The second-order valence-corrected chi connectivity index (χ2v) is 7.68. The Kier molecular flexibility index (Phi) is 5.59. The van der Waals surface area contributed by atoms with Gasteiger partial charge >= 0.3 is 0 Å².